The lowest BCUT2D eigenvalue weighted by atomic mass is 9.93. The Morgan fingerprint density at radius 1 is 1.22 bits per heavy atom. The molecular formula is C20H19Cl2NO4. The molecule has 0 aromatic heterocycles. The zero-order valence-corrected chi connectivity index (χ0v) is 16.0. The molecule has 2 heterocycles. The molecule has 2 aromatic rings. The second kappa shape index (κ2) is 7.58. The van der Waals surface area contributed by atoms with Crippen LogP contribution in [-0.4, -0.2) is 41.7 Å². The molecule has 142 valence electrons. The zero-order chi connectivity index (χ0) is 19.0. The average Bonchev–Trinajstić information content (AvgIpc) is 2.59. The van der Waals surface area contributed by atoms with Gasteiger partial charge < -0.3 is 14.6 Å². The number of carbonyl (C=O) groups is 1. The van der Waals surface area contributed by atoms with E-state index in [4.69, 9.17) is 37.8 Å². The van der Waals surface area contributed by atoms with Crippen LogP contribution in [0.1, 0.15) is 11.1 Å². The lowest BCUT2D eigenvalue weighted by Crippen LogP contribution is -2.57. The number of halogens is 2. The minimum atomic E-state index is -0.719. The maximum atomic E-state index is 11.0. The highest BCUT2D eigenvalue weighted by Gasteiger charge is 2.38. The van der Waals surface area contributed by atoms with E-state index in [1.54, 1.807) is 18.2 Å². The molecule has 0 saturated carbocycles. The number of aliphatic carboxylic acids is 1. The van der Waals surface area contributed by atoms with Gasteiger partial charge in [0.05, 0.1) is 5.92 Å². The molecule has 1 atom stereocenters. The lowest BCUT2D eigenvalue weighted by Gasteiger charge is -2.43. The van der Waals surface area contributed by atoms with Crippen LogP contribution in [0.15, 0.2) is 36.4 Å². The van der Waals surface area contributed by atoms with Gasteiger partial charge in [0.2, 0.25) is 0 Å². The number of hydrogen-bond acceptors (Lipinski definition) is 4. The third kappa shape index (κ3) is 3.86. The van der Waals surface area contributed by atoms with E-state index in [-0.39, 0.29) is 18.6 Å². The number of benzene rings is 2. The van der Waals surface area contributed by atoms with Crippen LogP contribution in [0, 0.1) is 5.92 Å². The molecule has 5 nitrogen and oxygen atoms in total. The molecule has 1 saturated heterocycles. The second-order valence-corrected chi connectivity index (χ2v) is 7.73. The van der Waals surface area contributed by atoms with Gasteiger partial charge in [-0.15, -0.1) is 0 Å². The largest absolute Gasteiger partial charge is 0.492 e. The number of carboxylic acids is 1. The van der Waals surface area contributed by atoms with E-state index in [1.165, 1.54) is 0 Å². The van der Waals surface area contributed by atoms with Gasteiger partial charge in [0, 0.05) is 40.8 Å². The standard InChI is InChI=1S/C20H19Cl2NO4/c21-17-2-1-3-18(22)16(17)11-26-15-5-4-12-6-14(10-27-19(12)7-15)23-8-13(9-23)20(24)25/h1-5,7,13-14H,6,8-11H2,(H,24,25). The molecule has 0 spiro atoms. The van der Waals surface area contributed by atoms with E-state index in [9.17, 15) is 4.79 Å². The fourth-order valence-corrected chi connectivity index (χ4v) is 3.96. The summed E-state index contributed by atoms with van der Waals surface area (Å²) in [6.07, 6.45) is 0.846. The number of ether oxygens (including phenoxy) is 2. The molecule has 0 bridgehead atoms. The highest BCUT2D eigenvalue weighted by Crippen LogP contribution is 2.33. The summed E-state index contributed by atoms with van der Waals surface area (Å²) in [5, 5.41) is 10.2. The van der Waals surface area contributed by atoms with Crippen LogP contribution in [0.25, 0.3) is 0 Å². The Labute approximate surface area is 167 Å². The normalized spacial score (nSPS) is 19.7. The van der Waals surface area contributed by atoms with E-state index < -0.39 is 5.97 Å². The molecule has 0 radical (unpaired) electrons. The van der Waals surface area contributed by atoms with Crippen molar-refractivity contribution in [3.05, 3.63) is 57.6 Å². The summed E-state index contributed by atoms with van der Waals surface area (Å²) in [6.45, 7) is 2.03. The molecule has 2 aliphatic heterocycles. The third-order valence-corrected chi connectivity index (χ3v) is 5.85. The molecule has 0 amide bonds. The van der Waals surface area contributed by atoms with Gasteiger partial charge in [0.25, 0.3) is 0 Å². The second-order valence-electron chi connectivity index (χ2n) is 6.92. The van der Waals surface area contributed by atoms with Crippen molar-refractivity contribution in [2.45, 2.75) is 19.1 Å². The summed E-state index contributed by atoms with van der Waals surface area (Å²) in [4.78, 5) is 13.1. The number of fused-ring (bicyclic) bond motifs is 1. The van der Waals surface area contributed by atoms with Gasteiger partial charge in [-0.1, -0.05) is 35.3 Å². The van der Waals surface area contributed by atoms with Crippen molar-refractivity contribution in [2.75, 3.05) is 19.7 Å². The Kier molecular flexibility index (Phi) is 5.17. The van der Waals surface area contributed by atoms with Crippen molar-refractivity contribution in [2.24, 2.45) is 5.92 Å². The first-order chi connectivity index (χ1) is 13.0. The average molecular weight is 408 g/mol. The molecule has 4 rings (SSSR count). The number of carboxylic acid groups (broad SMARTS) is 1. The minimum Gasteiger partial charge on any atom is -0.492 e. The van der Waals surface area contributed by atoms with E-state index in [1.807, 2.05) is 18.2 Å². The Hall–Kier alpha value is -1.95. The first-order valence-corrected chi connectivity index (χ1v) is 9.55. The van der Waals surface area contributed by atoms with Gasteiger partial charge >= 0.3 is 5.97 Å². The molecule has 7 heteroatoms. The third-order valence-electron chi connectivity index (χ3n) is 5.15. The van der Waals surface area contributed by atoms with Gasteiger partial charge in [0.15, 0.2) is 0 Å². The van der Waals surface area contributed by atoms with Crippen LogP contribution in [0.5, 0.6) is 11.5 Å². The van der Waals surface area contributed by atoms with Gasteiger partial charge in [0.1, 0.15) is 24.7 Å². The summed E-state index contributed by atoms with van der Waals surface area (Å²) in [7, 11) is 0. The molecule has 2 aromatic carbocycles. The van der Waals surface area contributed by atoms with E-state index >= 15 is 0 Å². The lowest BCUT2D eigenvalue weighted by molar-refractivity contribution is -0.149. The van der Waals surface area contributed by atoms with Crippen LogP contribution >= 0.6 is 23.2 Å². The zero-order valence-electron chi connectivity index (χ0n) is 14.5. The van der Waals surface area contributed by atoms with Gasteiger partial charge in [-0.3, -0.25) is 9.69 Å². The van der Waals surface area contributed by atoms with Crippen LogP contribution in [0.3, 0.4) is 0 Å². The summed E-state index contributed by atoms with van der Waals surface area (Å²) in [6, 6.07) is 11.4. The van der Waals surface area contributed by atoms with Crippen molar-refractivity contribution in [3.8, 4) is 11.5 Å². The monoisotopic (exact) mass is 407 g/mol. The van der Waals surface area contributed by atoms with E-state index in [2.05, 4.69) is 4.90 Å². The van der Waals surface area contributed by atoms with E-state index in [0.717, 1.165) is 23.3 Å². The molecule has 0 aliphatic carbocycles. The Morgan fingerprint density at radius 3 is 2.67 bits per heavy atom. The molecular weight excluding hydrogens is 389 g/mol. The predicted molar refractivity (Wildman–Crippen MR) is 103 cm³/mol. The highest BCUT2D eigenvalue weighted by atomic mass is 35.5. The predicted octanol–water partition coefficient (Wildman–Crippen LogP) is 3.89. The van der Waals surface area contributed by atoms with Crippen LogP contribution in [0.4, 0.5) is 0 Å². The smallest absolute Gasteiger partial charge is 0.309 e. The maximum Gasteiger partial charge on any atom is 0.309 e. The highest BCUT2D eigenvalue weighted by molar-refractivity contribution is 6.35. The van der Waals surface area contributed by atoms with Crippen molar-refractivity contribution in [1.29, 1.82) is 0 Å². The Balaban J connectivity index is 1.38. The van der Waals surface area contributed by atoms with Crippen molar-refractivity contribution < 1.29 is 19.4 Å². The Bertz CT molecular complexity index is 847. The fraction of sp³-hybridized carbons (Fsp3) is 0.350. The van der Waals surface area contributed by atoms with Crippen molar-refractivity contribution in [1.82, 2.24) is 4.90 Å². The quantitative estimate of drug-likeness (QED) is 0.814. The summed E-state index contributed by atoms with van der Waals surface area (Å²) in [5.41, 5.74) is 1.86. The molecule has 27 heavy (non-hydrogen) atoms. The maximum absolute atomic E-state index is 11.0. The van der Waals surface area contributed by atoms with E-state index in [0.29, 0.717) is 35.5 Å². The Morgan fingerprint density at radius 2 is 1.96 bits per heavy atom. The molecule has 2 aliphatic rings. The molecule has 1 N–H and O–H groups in total. The van der Waals surface area contributed by atoms with Crippen molar-refractivity contribution >= 4 is 29.2 Å². The van der Waals surface area contributed by atoms with Gasteiger partial charge in [-0.25, -0.2) is 0 Å². The fourth-order valence-electron chi connectivity index (χ4n) is 3.45. The summed E-state index contributed by atoms with van der Waals surface area (Å²) in [5.74, 6) is 0.532. The molecule has 1 fully saturated rings. The number of likely N-dealkylation sites (tertiary alicyclic amines) is 1. The first kappa shape index (κ1) is 18.4. The van der Waals surface area contributed by atoms with Crippen LogP contribution < -0.4 is 9.47 Å². The van der Waals surface area contributed by atoms with Crippen LogP contribution in [-0.2, 0) is 17.8 Å². The minimum absolute atomic E-state index is 0.224. The number of hydrogen-bond donors (Lipinski definition) is 1. The summed E-state index contributed by atoms with van der Waals surface area (Å²) < 4.78 is 11.7. The van der Waals surface area contributed by atoms with Gasteiger partial charge in [-0.05, 0) is 30.2 Å². The van der Waals surface area contributed by atoms with Gasteiger partial charge in [-0.2, -0.15) is 0 Å². The molecule has 1 unspecified atom stereocenters. The topological polar surface area (TPSA) is 59.0 Å². The number of nitrogens with zero attached hydrogens (tertiary/aromatic N) is 1. The van der Waals surface area contributed by atoms with Crippen molar-refractivity contribution in [3.63, 3.8) is 0 Å². The SMILES string of the molecule is O=C(O)C1CN(C2COc3cc(OCc4c(Cl)cccc4Cl)ccc3C2)C1. The summed E-state index contributed by atoms with van der Waals surface area (Å²) >= 11 is 12.4. The van der Waals surface area contributed by atoms with Crippen LogP contribution in [0.2, 0.25) is 10.0 Å². The first-order valence-electron chi connectivity index (χ1n) is 8.79. The number of rotatable bonds is 5.